The van der Waals surface area contributed by atoms with Crippen LogP contribution in [0.3, 0.4) is 0 Å². The topological polar surface area (TPSA) is 30.5 Å². The lowest BCUT2D eigenvalue weighted by Crippen LogP contribution is -2.57. The molecule has 3 nitrogen and oxygen atoms in total. The summed E-state index contributed by atoms with van der Waals surface area (Å²) in [5, 5.41) is 3.81. The molecule has 2 fully saturated rings. The van der Waals surface area contributed by atoms with Crippen LogP contribution in [0.1, 0.15) is 72.1 Å². The normalized spacial score (nSPS) is 29.4. The average Bonchev–Trinajstić information content (AvgIpc) is 2.95. The smallest absolute Gasteiger partial charge is 0.0803 e. The first kappa shape index (κ1) is 17.2. The fourth-order valence-electron chi connectivity index (χ4n) is 4.39. The molecule has 1 aliphatic heterocycles. The van der Waals surface area contributed by atoms with Gasteiger partial charge in [0.25, 0.3) is 0 Å². The molecule has 3 atom stereocenters. The molecule has 0 aromatic carbocycles. The highest BCUT2D eigenvalue weighted by Gasteiger charge is 2.46. The van der Waals surface area contributed by atoms with Gasteiger partial charge in [-0.05, 0) is 57.9 Å². The third-order valence-corrected chi connectivity index (χ3v) is 5.96. The van der Waals surface area contributed by atoms with Crippen LogP contribution in [0.2, 0.25) is 0 Å². The van der Waals surface area contributed by atoms with Crippen molar-refractivity contribution in [1.29, 1.82) is 0 Å². The maximum atomic E-state index is 6.22. The minimum Gasteiger partial charge on any atom is -0.377 e. The summed E-state index contributed by atoms with van der Waals surface area (Å²) in [7, 11) is 1.87. The Balaban J connectivity index is 2.11. The van der Waals surface area contributed by atoms with E-state index in [-0.39, 0.29) is 11.2 Å². The molecule has 0 aromatic heterocycles. The van der Waals surface area contributed by atoms with Crippen molar-refractivity contribution in [2.45, 2.75) is 89.4 Å². The van der Waals surface area contributed by atoms with Gasteiger partial charge in [0.05, 0.1) is 11.2 Å². The second-order valence-electron chi connectivity index (χ2n) is 7.29. The third-order valence-electron chi connectivity index (χ3n) is 5.96. The highest BCUT2D eigenvalue weighted by atomic mass is 16.5. The van der Waals surface area contributed by atoms with Gasteiger partial charge in [-0.2, -0.15) is 0 Å². The van der Waals surface area contributed by atoms with Crippen LogP contribution >= 0.6 is 0 Å². The molecule has 3 heteroatoms. The van der Waals surface area contributed by atoms with Crippen molar-refractivity contribution in [3.05, 3.63) is 0 Å². The lowest BCUT2D eigenvalue weighted by Gasteiger charge is -2.47. The van der Waals surface area contributed by atoms with E-state index in [9.17, 15) is 0 Å². The lowest BCUT2D eigenvalue weighted by atomic mass is 9.74. The van der Waals surface area contributed by atoms with Crippen molar-refractivity contribution in [3.8, 4) is 0 Å². The molecule has 1 heterocycles. The van der Waals surface area contributed by atoms with Crippen LogP contribution in [-0.4, -0.2) is 37.5 Å². The van der Waals surface area contributed by atoms with Crippen molar-refractivity contribution in [2.75, 3.05) is 20.3 Å². The molecule has 124 valence electrons. The lowest BCUT2D eigenvalue weighted by molar-refractivity contribution is -0.121. The van der Waals surface area contributed by atoms with Gasteiger partial charge in [0, 0.05) is 19.8 Å². The SMILES string of the molecule is CCCNC(C1CCOC2(CCCC2)C1)C(C)(CC)OC. The van der Waals surface area contributed by atoms with Gasteiger partial charge < -0.3 is 14.8 Å². The zero-order chi connectivity index (χ0) is 15.3. The van der Waals surface area contributed by atoms with Gasteiger partial charge in [-0.25, -0.2) is 0 Å². The highest BCUT2D eigenvalue weighted by molar-refractivity contribution is 4.99. The Bertz CT molecular complexity index is 308. The number of hydrogen-bond donors (Lipinski definition) is 1. The summed E-state index contributed by atoms with van der Waals surface area (Å²) in [5.74, 6) is 0.674. The van der Waals surface area contributed by atoms with E-state index in [2.05, 4.69) is 26.1 Å². The molecule has 0 bridgehead atoms. The molecule has 1 N–H and O–H groups in total. The van der Waals surface area contributed by atoms with Gasteiger partial charge in [0.1, 0.15) is 0 Å². The van der Waals surface area contributed by atoms with E-state index in [0.29, 0.717) is 12.0 Å². The second-order valence-corrected chi connectivity index (χ2v) is 7.29. The Kier molecular flexibility index (Phi) is 6.10. The fraction of sp³-hybridized carbons (Fsp3) is 1.00. The summed E-state index contributed by atoms with van der Waals surface area (Å²) in [4.78, 5) is 0. The van der Waals surface area contributed by atoms with Crippen molar-refractivity contribution in [2.24, 2.45) is 5.92 Å². The third kappa shape index (κ3) is 3.80. The molecule has 3 unspecified atom stereocenters. The van der Waals surface area contributed by atoms with Crippen molar-refractivity contribution in [1.82, 2.24) is 5.32 Å². The summed E-state index contributed by atoms with van der Waals surface area (Å²) in [6.45, 7) is 8.76. The van der Waals surface area contributed by atoms with E-state index in [4.69, 9.17) is 9.47 Å². The summed E-state index contributed by atoms with van der Waals surface area (Å²) in [6, 6.07) is 0.439. The maximum absolute atomic E-state index is 6.22. The molecule has 1 aliphatic carbocycles. The van der Waals surface area contributed by atoms with E-state index < -0.39 is 0 Å². The second kappa shape index (κ2) is 7.43. The van der Waals surface area contributed by atoms with Gasteiger partial charge in [-0.15, -0.1) is 0 Å². The molecule has 0 amide bonds. The van der Waals surface area contributed by atoms with E-state index in [1.165, 1.54) is 44.9 Å². The Hall–Kier alpha value is -0.120. The summed E-state index contributed by atoms with van der Waals surface area (Å²) < 4.78 is 12.2. The number of ether oxygens (including phenoxy) is 2. The molecular weight excluding hydrogens is 262 g/mol. The van der Waals surface area contributed by atoms with Crippen molar-refractivity contribution in [3.63, 3.8) is 0 Å². The zero-order valence-corrected chi connectivity index (χ0v) is 14.5. The van der Waals surface area contributed by atoms with Gasteiger partial charge in [0.15, 0.2) is 0 Å². The minimum atomic E-state index is -0.0724. The molecule has 0 radical (unpaired) electrons. The molecule has 1 spiro atoms. The first-order valence-electron chi connectivity index (χ1n) is 9.01. The Morgan fingerprint density at radius 2 is 2.05 bits per heavy atom. The highest BCUT2D eigenvalue weighted by Crippen LogP contribution is 2.44. The average molecular weight is 297 g/mol. The minimum absolute atomic E-state index is 0.0724. The maximum Gasteiger partial charge on any atom is 0.0803 e. The number of nitrogens with one attached hydrogen (secondary N) is 1. The molecule has 2 rings (SSSR count). The van der Waals surface area contributed by atoms with E-state index in [1.54, 1.807) is 0 Å². The molecule has 21 heavy (non-hydrogen) atoms. The molecule has 0 aromatic rings. The predicted molar refractivity (Wildman–Crippen MR) is 87.7 cm³/mol. The van der Waals surface area contributed by atoms with Gasteiger partial charge >= 0.3 is 0 Å². The van der Waals surface area contributed by atoms with Gasteiger partial charge in [-0.3, -0.25) is 0 Å². The zero-order valence-electron chi connectivity index (χ0n) is 14.5. The summed E-state index contributed by atoms with van der Waals surface area (Å²) >= 11 is 0. The number of hydrogen-bond acceptors (Lipinski definition) is 3. The van der Waals surface area contributed by atoms with Crippen LogP contribution in [0.25, 0.3) is 0 Å². The monoisotopic (exact) mass is 297 g/mol. The fourth-order valence-corrected chi connectivity index (χ4v) is 4.39. The number of methoxy groups -OCH3 is 1. The van der Waals surface area contributed by atoms with Crippen LogP contribution in [0.15, 0.2) is 0 Å². The van der Waals surface area contributed by atoms with Gasteiger partial charge in [-0.1, -0.05) is 26.7 Å². The first-order chi connectivity index (χ1) is 10.1. The molecule has 1 saturated heterocycles. The van der Waals surface area contributed by atoms with E-state index >= 15 is 0 Å². The molecule has 1 saturated carbocycles. The van der Waals surface area contributed by atoms with Crippen LogP contribution in [-0.2, 0) is 9.47 Å². The van der Waals surface area contributed by atoms with Crippen molar-refractivity contribution >= 4 is 0 Å². The molecule has 2 aliphatic rings. The quantitative estimate of drug-likeness (QED) is 0.773. The summed E-state index contributed by atoms with van der Waals surface area (Å²) in [5.41, 5.74) is 0.119. The Morgan fingerprint density at radius 1 is 1.33 bits per heavy atom. The van der Waals surface area contributed by atoms with Crippen LogP contribution < -0.4 is 5.32 Å². The Morgan fingerprint density at radius 3 is 2.62 bits per heavy atom. The summed E-state index contributed by atoms with van der Waals surface area (Å²) in [6.07, 6.45) is 9.82. The number of rotatable bonds is 7. The largest absolute Gasteiger partial charge is 0.377 e. The Labute approximate surface area is 131 Å². The standard InChI is InChI=1S/C18H35NO2/c1-5-12-19-16(17(3,6-2)20-4)15-9-13-21-18(14-15)10-7-8-11-18/h15-16,19H,5-14H2,1-4H3. The van der Waals surface area contributed by atoms with Crippen LogP contribution in [0, 0.1) is 5.92 Å². The predicted octanol–water partition coefficient (Wildman–Crippen LogP) is 3.91. The van der Waals surface area contributed by atoms with Crippen LogP contribution in [0.4, 0.5) is 0 Å². The van der Waals surface area contributed by atoms with Gasteiger partial charge in [0.2, 0.25) is 0 Å². The van der Waals surface area contributed by atoms with E-state index in [1.807, 2.05) is 7.11 Å². The van der Waals surface area contributed by atoms with E-state index in [0.717, 1.165) is 19.6 Å². The first-order valence-corrected chi connectivity index (χ1v) is 9.01. The van der Waals surface area contributed by atoms with Crippen LogP contribution in [0.5, 0.6) is 0 Å². The molecular formula is C18H35NO2. The van der Waals surface area contributed by atoms with Crippen molar-refractivity contribution < 1.29 is 9.47 Å².